The number of rotatable bonds is 8. The van der Waals surface area contributed by atoms with E-state index < -0.39 is 6.04 Å². The van der Waals surface area contributed by atoms with E-state index in [4.69, 9.17) is 0 Å². The Morgan fingerprint density at radius 1 is 0.962 bits per heavy atom. The Morgan fingerprint density at radius 2 is 1.62 bits per heavy atom. The summed E-state index contributed by atoms with van der Waals surface area (Å²) in [6.07, 6.45) is 0.876. The SMILES string of the molecule is CCNC(=O)C(Cc1ccccc1)N(Cc1ccc(C)cc1)C(=O)CC. The van der Waals surface area contributed by atoms with Gasteiger partial charge in [0, 0.05) is 25.9 Å². The third-order valence-electron chi connectivity index (χ3n) is 4.40. The largest absolute Gasteiger partial charge is 0.355 e. The Hall–Kier alpha value is -2.62. The van der Waals surface area contributed by atoms with E-state index in [1.807, 2.05) is 75.4 Å². The first kappa shape index (κ1) is 19.7. The summed E-state index contributed by atoms with van der Waals surface area (Å²) in [6, 6.07) is 17.4. The van der Waals surface area contributed by atoms with Crippen LogP contribution in [0.4, 0.5) is 0 Å². The number of hydrogen-bond donors (Lipinski definition) is 1. The number of benzene rings is 2. The van der Waals surface area contributed by atoms with Gasteiger partial charge in [0.1, 0.15) is 6.04 Å². The van der Waals surface area contributed by atoms with Crippen molar-refractivity contribution in [2.24, 2.45) is 0 Å². The maximum Gasteiger partial charge on any atom is 0.243 e. The number of amides is 2. The molecule has 0 aromatic heterocycles. The molecule has 26 heavy (non-hydrogen) atoms. The Labute approximate surface area is 156 Å². The maximum absolute atomic E-state index is 12.7. The molecule has 0 heterocycles. The lowest BCUT2D eigenvalue weighted by Crippen LogP contribution is -2.50. The first-order valence-corrected chi connectivity index (χ1v) is 9.21. The molecule has 0 bridgehead atoms. The Bertz CT molecular complexity index is 711. The monoisotopic (exact) mass is 352 g/mol. The molecule has 2 amide bonds. The molecule has 1 atom stereocenters. The molecule has 0 aliphatic heterocycles. The van der Waals surface area contributed by atoms with Crippen molar-refractivity contribution >= 4 is 11.8 Å². The van der Waals surface area contributed by atoms with E-state index >= 15 is 0 Å². The van der Waals surface area contributed by atoms with Crippen molar-refractivity contribution in [2.45, 2.75) is 46.2 Å². The number of nitrogens with zero attached hydrogens (tertiary/aromatic N) is 1. The van der Waals surface area contributed by atoms with E-state index in [0.29, 0.717) is 25.9 Å². The molecule has 0 aliphatic carbocycles. The van der Waals surface area contributed by atoms with E-state index in [9.17, 15) is 9.59 Å². The molecule has 138 valence electrons. The van der Waals surface area contributed by atoms with Crippen LogP contribution in [-0.4, -0.2) is 29.3 Å². The second kappa shape index (κ2) is 9.76. The highest BCUT2D eigenvalue weighted by molar-refractivity contribution is 5.87. The van der Waals surface area contributed by atoms with Crippen molar-refractivity contribution in [1.29, 1.82) is 0 Å². The lowest BCUT2D eigenvalue weighted by Gasteiger charge is -2.31. The third-order valence-corrected chi connectivity index (χ3v) is 4.40. The van der Waals surface area contributed by atoms with Crippen LogP contribution in [0.25, 0.3) is 0 Å². The van der Waals surface area contributed by atoms with Crippen LogP contribution in [0.2, 0.25) is 0 Å². The number of carbonyl (C=O) groups excluding carboxylic acids is 2. The van der Waals surface area contributed by atoms with Gasteiger partial charge in [0.15, 0.2) is 0 Å². The summed E-state index contributed by atoms with van der Waals surface area (Å²) in [6.45, 7) is 6.74. The molecule has 4 heteroatoms. The fourth-order valence-corrected chi connectivity index (χ4v) is 2.94. The van der Waals surface area contributed by atoms with Crippen molar-refractivity contribution in [2.75, 3.05) is 6.54 Å². The molecule has 1 N–H and O–H groups in total. The lowest BCUT2D eigenvalue weighted by molar-refractivity contribution is -0.141. The molecule has 0 fully saturated rings. The van der Waals surface area contributed by atoms with Crippen LogP contribution in [0.1, 0.15) is 37.0 Å². The number of carbonyl (C=O) groups is 2. The summed E-state index contributed by atoms with van der Waals surface area (Å²) in [5.41, 5.74) is 3.24. The summed E-state index contributed by atoms with van der Waals surface area (Å²) in [4.78, 5) is 27.1. The van der Waals surface area contributed by atoms with Gasteiger partial charge in [-0.25, -0.2) is 0 Å². The van der Waals surface area contributed by atoms with Gasteiger partial charge < -0.3 is 10.2 Å². The topological polar surface area (TPSA) is 49.4 Å². The highest BCUT2D eigenvalue weighted by Crippen LogP contribution is 2.16. The normalized spacial score (nSPS) is 11.7. The maximum atomic E-state index is 12.7. The predicted molar refractivity (Wildman–Crippen MR) is 105 cm³/mol. The van der Waals surface area contributed by atoms with Crippen LogP contribution in [0.3, 0.4) is 0 Å². The number of likely N-dealkylation sites (N-methyl/N-ethyl adjacent to an activating group) is 1. The van der Waals surface area contributed by atoms with Crippen LogP contribution >= 0.6 is 0 Å². The van der Waals surface area contributed by atoms with Crippen LogP contribution in [0, 0.1) is 6.92 Å². The standard InChI is InChI=1S/C22H28N2O2/c1-4-21(25)24(16-19-13-11-17(3)12-14-19)20(22(26)23-5-2)15-18-9-7-6-8-10-18/h6-14,20H,4-5,15-16H2,1-3H3,(H,23,26). The second-order valence-corrected chi connectivity index (χ2v) is 6.46. The number of aryl methyl sites for hydroxylation is 1. The summed E-state index contributed by atoms with van der Waals surface area (Å²) < 4.78 is 0. The van der Waals surface area contributed by atoms with Gasteiger partial charge >= 0.3 is 0 Å². The van der Waals surface area contributed by atoms with Gasteiger partial charge in [-0.1, -0.05) is 67.1 Å². The van der Waals surface area contributed by atoms with Crippen molar-refractivity contribution in [3.8, 4) is 0 Å². The molecule has 0 aliphatic rings. The van der Waals surface area contributed by atoms with Gasteiger partial charge in [-0.15, -0.1) is 0 Å². The first-order chi connectivity index (χ1) is 12.5. The van der Waals surface area contributed by atoms with Crippen LogP contribution in [0.5, 0.6) is 0 Å². The van der Waals surface area contributed by atoms with Crippen LogP contribution in [-0.2, 0) is 22.6 Å². The number of hydrogen-bond acceptors (Lipinski definition) is 2. The van der Waals surface area contributed by atoms with E-state index in [1.165, 1.54) is 5.56 Å². The molecule has 4 nitrogen and oxygen atoms in total. The van der Waals surface area contributed by atoms with E-state index in [0.717, 1.165) is 11.1 Å². The van der Waals surface area contributed by atoms with Gasteiger partial charge in [-0.05, 0) is 25.0 Å². The summed E-state index contributed by atoms with van der Waals surface area (Å²) >= 11 is 0. The fraction of sp³-hybridized carbons (Fsp3) is 0.364. The van der Waals surface area contributed by atoms with Gasteiger partial charge in [0.2, 0.25) is 11.8 Å². The van der Waals surface area contributed by atoms with Crippen molar-refractivity contribution in [1.82, 2.24) is 10.2 Å². The minimum atomic E-state index is -0.522. The third kappa shape index (κ3) is 5.45. The molecule has 0 radical (unpaired) electrons. The van der Waals surface area contributed by atoms with Gasteiger partial charge in [0.25, 0.3) is 0 Å². The van der Waals surface area contributed by atoms with Gasteiger partial charge in [-0.3, -0.25) is 9.59 Å². The number of nitrogens with one attached hydrogen (secondary N) is 1. The highest BCUT2D eigenvalue weighted by atomic mass is 16.2. The first-order valence-electron chi connectivity index (χ1n) is 9.21. The average molecular weight is 352 g/mol. The quantitative estimate of drug-likeness (QED) is 0.791. The Kier molecular flexibility index (Phi) is 7.39. The molecule has 2 aromatic rings. The van der Waals surface area contributed by atoms with E-state index in [-0.39, 0.29) is 11.8 Å². The lowest BCUT2D eigenvalue weighted by atomic mass is 10.0. The molecule has 0 saturated heterocycles. The molecule has 0 saturated carbocycles. The molecular weight excluding hydrogens is 324 g/mol. The fourth-order valence-electron chi connectivity index (χ4n) is 2.94. The Morgan fingerprint density at radius 3 is 2.19 bits per heavy atom. The van der Waals surface area contributed by atoms with Crippen molar-refractivity contribution < 1.29 is 9.59 Å². The zero-order valence-electron chi connectivity index (χ0n) is 15.9. The van der Waals surface area contributed by atoms with Gasteiger partial charge in [-0.2, -0.15) is 0 Å². The van der Waals surface area contributed by atoms with Gasteiger partial charge in [0.05, 0.1) is 0 Å². The molecule has 2 rings (SSSR count). The van der Waals surface area contributed by atoms with Crippen molar-refractivity contribution in [3.05, 3.63) is 71.3 Å². The van der Waals surface area contributed by atoms with Crippen LogP contribution < -0.4 is 5.32 Å². The van der Waals surface area contributed by atoms with Crippen molar-refractivity contribution in [3.63, 3.8) is 0 Å². The predicted octanol–water partition coefficient (Wildman–Crippen LogP) is 3.48. The minimum absolute atomic E-state index is 0.0160. The van der Waals surface area contributed by atoms with E-state index in [2.05, 4.69) is 5.32 Å². The Balaban J connectivity index is 2.31. The second-order valence-electron chi connectivity index (χ2n) is 6.46. The summed E-state index contributed by atoms with van der Waals surface area (Å²) in [5.74, 6) is -0.122. The van der Waals surface area contributed by atoms with E-state index in [1.54, 1.807) is 4.90 Å². The molecular formula is C22H28N2O2. The molecule has 0 spiro atoms. The minimum Gasteiger partial charge on any atom is -0.355 e. The zero-order chi connectivity index (χ0) is 18.9. The smallest absolute Gasteiger partial charge is 0.243 e. The summed E-state index contributed by atoms with van der Waals surface area (Å²) in [5, 5.41) is 2.89. The summed E-state index contributed by atoms with van der Waals surface area (Å²) in [7, 11) is 0. The molecule has 2 aromatic carbocycles. The zero-order valence-corrected chi connectivity index (χ0v) is 15.9. The van der Waals surface area contributed by atoms with Crippen LogP contribution in [0.15, 0.2) is 54.6 Å². The highest BCUT2D eigenvalue weighted by Gasteiger charge is 2.29. The average Bonchev–Trinajstić information content (AvgIpc) is 2.66. The molecule has 1 unspecified atom stereocenters.